The van der Waals surface area contributed by atoms with Gasteiger partial charge in [0, 0.05) is 17.1 Å². The number of benzene rings is 1. The smallest absolute Gasteiger partial charge is 0.106 e. The van der Waals surface area contributed by atoms with Gasteiger partial charge in [0.25, 0.3) is 0 Å². The Morgan fingerprint density at radius 2 is 1.31 bits per heavy atom. The quantitative estimate of drug-likeness (QED) is 0.537. The molecule has 1 radical (unpaired) electrons. The Kier molecular flexibility index (Phi) is 19.6. The maximum absolute atomic E-state index is 8.00. The van der Waals surface area contributed by atoms with Crippen molar-refractivity contribution in [3.05, 3.63) is 42.5 Å². The van der Waals surface area contributed by atoms with Gasteiger partial charge in [0.1, 0.15) is 20.4 Å². The van der Waals surface area contributed by atoms with Gasteiger partial charge in [-0.05, 0) is 0 Å². The first-order chi connectivity index (χ1) is 7.47. The van der Waals surface area contributed by atoms with Gasteiger partial charge in [0.05, 0.1) is 0 Å². The van der Waals surface area contributed by atoms with Gasteiger partial charge in [-0.2, -0.15) is 17.5 Å². The molecular weight excluding hydrogens is 247 g/mol. The maximum atomic E-state index is 8.00. The Balaban J connectivity index is -0.000000214. The van der Waals surface area contributed by atoms with Gasteiger partial charge in [-0.3, -0.25) is 0 Å². The summed E-state index contributed by atoms with van der Waals surface area (Å²) in [4.78, 5) is 24.0. The molecule has 0 atom stereocenters. The molecule has 0 aromatic heterocycles. The first-order valence-electron chi connectivity index (χ1n) is 3.94. The van der Waals surface area contributed by atoms with Crippen molar-refractivity contribution in [1.82, 2.24) is 0 Å². The molecule has 0 bridgehead atoms. The van der Waals surface area contributed by atoms with Gasteiger partial charge in [0.15, 0.2) is 0 Å². The SMILES string of the molecule is C=O.C=O.C=O.[Mn].c1ccc2[cH-]ccc2c1. The molecule has 0 aliphatic carbocycles. The minimum absolute atomic E-state index is 0. The van der Waals surface area contributed by atoms with E-state index >= 15 is 0 Å². The minimum atomic E-state index is 0. The Morgan fingerprint density at radius 1 is 0.812 bits per heavy atom. The van der Waals surface area contributed by atoms with Crippen molar-refractivity contribution >= 4 is 31.1 Å². The second-order valence-corrected chi connectivity index (χ2v) is 2.15. The molecule has 0 unspecified atom stereocenters. The molecule has 0 saturated heterocycles. The van der Waals surface area contributed by atoms with E-state index in [1.165, 1.54) is 10.8 Å². The summed E-state index contributed by atoms with van der Waals surface area (Å²) >= 11 is 0. The number of rotatable bonds is 0. The van der Waals surface area contributed by atoms with E-state index in [9.17, 15) is 0 Å². The zero-order chi connectivity index (χ0) is 12.1. The summed E-state index contributed by atoms with van der Waals surface area (Å²) in [6, 6.07) is 14.7. The molecule has 3 nitrogen and oxygen atoms in total. The Hall–Kier alpha value is -1.64. The van der Waals surface area contributed by atoms with Crippen LogP contribution in [0.1, 0.15) is 0 Å². The van der Waals surface area contributed by atoms with E-state index in [0.717, 1.165) is 0 Å². The second-order valence-electron chi connectivity index (χ2n) is 2.15. The summed E-state index contributed by atoms with van der Waals surface area (Å²) in [5.74, 6) is 0. The zero-order valence-electron chi connectivity index (χ0n) is 8.77. The van der Waals surface area contributed by atoms with Crippen molar-refractivity contribution in [2.24, 2.45) is 0 Å². The van der Waals surface area contributed by atoms with E-state index < -0.39 is 0 Å². The van der Waals surface area contributed by atoms with Crippen LogP contribution < -0.4 is 0 Å². The molecule has 2 rings (SSSR count). The molecule has 0 aliphatic heterocycles. The molecule has 0 aliphatic rings. The van der Waals surface area contributed by atoms with E-state index in [0.29, 0.717) is 0 Å². The topological polar surface area (TPSA) is 51.2 Å². The summed E-state index contributed by atoms with van der Waals surface area (Å²) in [6.07, 6.45) is 0. The summed E-state index contributed by atoms with van der Waals surface area (Å²) in [5, 5.41) is 2.66. The second kappa shape index (κ2) is 15.8. The van der Waals surface area contributed by atoms with Gasteiger partial charge in [-0.25, -0.2) is 0 Å². The molecule has 0 N–H and O–H groups in total. The average Bonchev–Trinajstić information content (AvgIpc) is 2.85. The van der Waals surface area contributed by atoms with Crippen molar-refractivity contribution in [2.45, 2.75) is 0 Å². The van der Waals surface area contributed by atoms with Crippen LogP contribution >= 0.6 is 0 Å². The van der Waals surface area contributed by atoms with Crippen molar-refractivity contribution in [3.8, 4) is 0 Å². The molecule has 0 saturated carbocycles. The molecule has 0 amide bonds. The molecular formula is C12H13MnO3-. The van der Waals surface area contributed by atoms with Crippen LogP contribution in [0, 0.1) is 0 Å². The monoisotopic (exact) mass is 260 g/mol. The third-order valence-corrected chi connectivity index (χ3v) is 1.55. The van der Waals surface area contributed by atoms with Crippen molar-refractivity contribution in [1.29, 1.82) is 0 Å². The fourth-order valence-corrected chi connectivity index (χ4v) is 1.07. The van der Waals surface area contributed by atoms with Crippen LogP contribution in [0.5, 0.6) is 0 Å². The van der Waals surface area contributed by atoms with Gasteiger partial charge in [0.2, 0.25) is 0 Å². The third-order valence-electron chi connectivity index (χ3n) is 1.55. The predicted molar refractivity (Wildman–Crippen MR) is 60.9 cm³/mol. The standard InChI is InChI=1S/C9H7.3CH2O.Mn/c1-2-5-9-7-3-6-8(9)4-1;3*1-2;/h1-7H;3*1H2;/q-1;;;;. The molecule has 0 fully saturated rings. The van der Waals surface area contributed by atoms with Gasteiger partial charge in [-0.1, -0.05) is 6.07 Å². The number of carbonyl (C=O) groups is 3. The maximum Gasteiger partial charge on any atom is 0.106 e. The van der Waals surface area contributed by atoms with E-state index in [4.69, 9.17) is 14.4 Å². The first-order valence-corrected chi connectivity index (χ1v) is 3.94. The Labute approximate surface area is 105 Å². The van der Waals surface area contributed by atoms with Gasteiger partial charge < -0.3 is 14.4 Å². The van der Waals surface area contributed by atoms with Crippen LogP contribution in [-0.2, 0) is 31.5 Å². The largest absolute Gasteiger partial charge is 0.307 e. The van der Waals surface area contributed by atoms with Crippen molar-refractivity contribution < 1.29 is 31.5 Å². The Morgan fingerprint density at radius 3 is 1.81 bits per heavy atom. The molecule has 87 valence electrons. The minimum Gasteiger partial charge on any atom is -0.307 e. The molecule has 0 heterocycles. The molecule has 0 spiro atoms. The fourth-order valence-electron chi connectivity index (χ4n) is 1.07. The average molecular weight is 260 g/mol. The molecule has 16 heavy (non-hydrogen) atoms. The van der Waals surface area contributed by atoms with Crippen LogP contribution in [-0.4, -0.2) is 20.4 Å². The summed E-state index contributed by atoms with van der Waals surface area (Å²) in [6.45, 7) is 6.00. The number of hydrogen-bond donors (Lipinski definition) is 0. The van der Waals surface area contributed by atoms with Crippen LogP contribution in [0.2, 0.25) is 0 Å². The number of fused-ring (bicyclic) bond motifs is 1. The van der Waals surface area contributed by atoms with E-state index in [2.05, 4.69) is 42.5 Å². The van der Waals surface area contributed by atoms with Crippen LogP contribution in [0.25, 0.3) is 10.8 Å². The Bertz CT molecular complexity index is 325. The van der Waals surface area contributed by atoms with Crippen LogP contribution in [0.4, 0.5) is 0 Å². The van der Waals surface area contributed by atoms with Gasteiger partial charge in [-0.15, -0.1) is 29.7 Å². The van der Waals surface area contributed by atoms with Crippen molar-refractivity contribution in [2.75, 3.05) is 0 Å². The van der Waals surface area contributed by atoms with Crippen LogP contribution in [0.15, 0.2) is 42.5 Å². The predicted octanol–water partition coefficient (Wildman–Crippen LogP) is 2.00. The van der Waals surface area contributed by atoms with Crippen LogP contribution in [0.3, 0.4) is 0 Å². The van der Waals surface area contributed by atoms with Gasteiger partial charge >= 0.3 is 0 Å². The summed E-state index contributed by atoms with van der Waals surface area (Å²) in [7, 11) is 0. The third kappa shape index (κ3) is 6.76. The number of carbonyl (C=O) groups excluding carboxylic acids is 3. The summed E-state index contributed by atoms with van der Waals surface area (Å²) < 4.78 is 0. The van der Waals surface area contributed by atoms with Crippen molar-refractivity contribution in [3.63, 3.8) is 0 Å². The normalized spacial score (nSPS) is 6.50. The molecule has 2 aromatic rings. The van der Waals surface area contributed by atoms with E-state index in [1.54, 1.807) is 0 Å². The van der Waals surface area contributed by atoms with E-state index in [-0.39, 0.29) is 17.1 Å². The zero-order valence-corrected chi connectivity index (χ0v) is 9.95. The summed E-state index contributed by atoms with van der Waals surface area (Å²) in [5.41, 5.74) is 0. The number of hydrogen-bond acceptors (Lipinski definition) is 3. The first kappa shape index (κ1) is 19.9. The molecule has 4 heteroatoms. The van der Waals surface area contributed by atoms with E-state index in [1.807, 2.05) is 20.4 Å². The fraction of sp³-hybridized carbons (Fsp3) is 0. The molecule has 2 aromatic carbocycles.